The number of carbonyl (C=O) groups is 1. The highest BCUT2D eigenvalue weighted by Crippen LogP contribution is 2.32. The van der Waals surface area contributed by atoms with Gasteiger partial charge in [-0.15, -0.1) is 10.2 Å². The fourth-order valence-electron chi connectivity index (χ4n) is 2.96. The predicted octanol–water partition coefficient (Wildman–Crippen LogP) is 5.38. The number of methoxy groups -OCH3 is 1. The van der Waals surface area contributed by atoms with Crippen molar-refractivity contribution in [1.29, 1.82) is 0 Å². The molecule has 0 unspecified atom stereocenters. The molecule has 0 saturated carbocycles. The van der Waals surface area contributed by atoms with Crippen LogP contribution in [0.4, 0.5) is 5.69 Å². The van der Waals surface area contributed by atoms with Gasteiger partial charge in [0.25, 0.3) is 0 Å². The number of thioether (sulfide) groups is 1. The fourth-order valence-corrected chi connectivity index (χ4v) is 4.13. The summed E-state index contributed by atoms with van der Waals surface area (Å²) in [6, 6.07) is 18.5. The number of nitrogens with zero attached hydrogens (tertiary/aromatic N) is 4. The van der Waals surface area contributed by atoms with Gasteiger partial charge >= 0.3 is 0 Å². The van der Waals surface area contributed by atoms with Crippen LogP contribution < -0.4 is 10.1 Å². The Morgan fingerprint density at radius 1 is 1.09 bits per heavy atom. The number of hydrogen-bond acceptors (Lipinski definition) is 6. The summed E-state index contributed by atoms with van der Waals surface area (Å²) >= 11 is 13.6. The van der Waals surface area contributed by atoms with Crippen LogP contribution in [0.1, 0.15) is 0 Å². The second-order valence-electron chi connectivity index (χ2n) is 6.51. The molecule has 32 heavy (non-hydrogen) atoms. The van der Waals surface area contributed by atoms with Gasteiger partial charge in [-0.1, -0.05) is 65.3 Å². The van der Waals surface area contributed by atoms with E-state index in [9.17, 15) is 4.79 Å². The van der Waals surface area contributed by atoms with Gasteiger partial charge in [-0.05, 0) is 30.3 Å². The van der Waals surface area contributed by atoms with Crippen molar-refractivity contribution in [1.82, 2.24) is 19.7 Å². The summed E-state index contributed by atoms with van der Waals surface area (Å²) in [6.45, 7) is 0. The van der Waals surface area contributed by atoms with Crippen molar-refractivity contribution in [2.75, 3.05) is 18.2 Å². The lowest BCUT2D eigenvalue weighted by Gasteiger charge is -2.12. The average Bonchev–Trinajstić information content (AvgIpc) is 3.24. The number of halogens is 2. The minimum Gasteiger partial charge on any atom is -0.495 e. The van der Waals surface area contributed by atoms with Crippen LogP contribution in [0.3, 0.4) is 0 Å². The third-order valence-electron chi connectivity index (χ3n) is 4.42. The molecule has 2 aromatic carbocycles. The lowest BCUT2D eigenvalue weighted by atomic mass is 10.2. The maximum atomic E-state index is 12.5. The van der Waals surface area contributed by atoms with E-state index in [4.69, 9.17) is 27.9 Å². The molecule has 0 aliphatic heterocycles. The lowest BCUT2D eigenvalue weighted by molar-refractivity contribution is -0.113. The molecule has 0 spiro atoms. The Balaban J connectivity index is 1.63. The van der Waals surface area contributed by atoms with E-state index in [1.807, 2.05) is 41.0 Å². The van der Waals surface area contributed by atoms with Crippen molar-refractivity contribution >= 4 is 46.6 Å². The van der Waals surface area contributed by atoms with E-state index in [0.717, 1.165) is 11.3 Å². The molecule has 0 atom stereocenters. The molecule has 1 N–H and O–H groups in total. The molecule has 0 aliphatic rings. The highest BCUT2D eigenvalue weighted by atomic mass is 35.5. The summed E-state index contributed by atoms with van der Waals surface area (Å²) in [5.41, 5.74) is 2.08. The van der Waals surface area contributed by atoms with Gasteiger partial charge in [0.1, 0.15) is 5.75 Å². The highest BCUT2D eigenvalue weighted by Gasteiger charge is 2.18. The number of aromatic nitrogens is 4. The number of nitrogens with one attached hydrogen (secondary N) is 1. The van der Waals surface area contributed by atoms with E-state index in [0.29, 0.717) is 27.4 Å². The van der Waals surface area contributed by atoms with Crippen LogP contribution in [0.15, 0.2) is 72.0 Å². The summed E-state index contributed by atoms with van der Waals surface area (Å²) in [5.74, 6) is 1.05. The van der Waals surface area contributed by atoms with Gasteiger partial charge in [-0.2, -0.15) is 0 Å². The summed E-state index contributed by atoms with van der Waals surface area (Å²) < 4.78 is 7.12. The standard InChI is InChI=1S/C22H17Cl2N5O2S/c1-31-18-10-9-15(12-16(18)23)29-21(14-6-3-2-4-7-14)27-28-22(29)32-13-19(30)26-17-8-5-11-25-20(17)24/h2-12H,13H2,1H3,(H,26,30). The van der Waals surface area contributed by atoms with E-state index >= 15 is 0 Å². The zero-order valence-corrected chi connectivity index (χ0v) is 19.2. The van der Waals surface area contributed by atoms with Crippen molar-refractivity contribution in [3.63, 3.8) is 0 Å². The molecule has 10 heteroatoms. The summed E-state index contributed by atoms with van der Waals surface area (Å²) in [4.78, 5) is 16.4. The van der Waals surface area contributed by atoms with Crippen molar-refractivity contribution in [2.45, 2.75) is 5.16 Å². The number of hydrogen-bond donors (Lipinski definition) is 1. The largest absolute Gasteiger partial charge is 0.495 e. The Morgan fingerprint density at radius 2 is 1.91 bits per heavy atom. The number of anilines is 1. The fraction of sp³-hybridized carbons (Fsp3) is 0.0909. The topological polar surface area (TPSA) is 81.9 Å². The molecule has 7 nitrogen and oxygen atoms in total. The Hall–Kier alpha value is -3.07. The van der Waals surface area contributed by atoms with Gasteiger partial charge in [0.2, 0.25) is 5.91 Å². The summed E-state index contributed by atoms with van der Waals surface area (Å²) in [7, 11) is 1.56. The normalized spacial score (nSPS) is 10.7. The van der Waals surface area contributed by atoms with Gasteiger partial charge in [-0.25, -0.2) is 4.98 Å². The Morgan fingerprint density at radius 3 is 2.62 bits per heavy atom. The summed E-state index contributed by atoms with van der Waals surface area (Å²) in [6.07, 6.45) is 1.56. The highest BCUT2D eigenvalue weighted by molar-refractivity contribution is 7.99. The third-order valence-corrected chi connectivity index (χ3v) is 5.95. The van der Waals surface area contributed by atoms with Crippen LogP contribution in [0.2, 0.25) is 10.2 Å². The van der Waals surface area contributed by atoms with Gasteiger partial charge < -0.3 is 10.1 Å². The zero-order valence-electron chi connectivity index (χ0n) is 16.8. The first-order valence-electron chi connectivity index (χ1n) is 9.44. The molecule has 4 aromatic rings. The first-order valence-corrected chi connectivity index (χ1v) is 11.2. The van der Waals surface area contributed by atoms with Crippen LogP contribution in [0, 0.1) is 0 Å². The number of amides is 1. The first-order chi connectivity index (χ1) is 15.6. The molecule has 0 aliphatic carbocycles. The van der Waals surface area contributed by atoms with E-state index in [-0.39, 0.29) is 16.8 Å². The van der Waals surface area contributed by atoms with Crippen LogP contribution >= 0.6 is 35.0 Å². The van der Waals surface area contributed by atoms with E-state index in [1.165, 1.54) is 11.8 Å². The maximum absolute atomic E-state index is 12.5. The van der Waals surface area contributed by atoms with Crippen molar-refractivity contribution < 1.29 is 9.53 Å². The van der Waals surface area contributed by atoms with Crippen LogP contribution in [-0.4, -0.2) is 38.5 Å². The SMILES string of the molecule is COc1ccc(-n2c(SCC(=O)Nc3cccnc3Cl)nnc2-c2ccccc2)cc1Cl. The van der Waals surface area contributed by atoms with Gasteiger partial charge in [-0.3, -0.25) is 9.36 Å². The predicted molar refractivity (Wildman–Crippen MR) is 127 cm³/mol. The maximum Gasteiger partial charge on any atom is 0.234 e. The van der Waals surface area contributed by atoms with Gasteiger partial charge in [0.05, 0.1) is 29.3 Å². The molecule has 162 valence electrons. The first kappa shape index (κ1) is 22.1. The minimum absolute atomic E-state index is 0.0992. The second kappa shape index (κ2) is 10.0. The van der Waals surface area contributed by atoms with Crippen LogP contribution in [0.25, 0.3) is 17.1 Å². The van der Waals surface area contributed by atoms with Crippen LogP contribution in [0.5, 0.6) is 5.75 Å². The molecule has 1 amide bonds. The molecule has 0 saturated heterocycles. The van der Waals surface area contributed by atoms with Crippen molar-refractivity contribution in [3.8, 4) is 22.8 Å². The van der Waals surface area contributed by atoms with Crippen LogP contribution in [-0.2, 0) is 4.79 Å². The minimum atomic E-state index is -0.242. The average molecular weight is 486 g/mol. The lowest BCUT2D eigenvalue weighted by Crippen LogP contribution is -2.15. The van der Waals surface area contributed by atoms with Gasteiger partial charge in [0.15, 0.2) is 16.1 Å². The van der Waals surface area contributed by atoms with E-state index in [2.05, 4.69) is 20.5 Å². The molecule has 2 aromatic heterocycles. The molecule has 0 radical (unpaired) electrons. The number of benzene rings is 2. The Kier molecular flexibility index (Phi) is 6.94. The van der Waals surface area contributed by atoms with Crippen molar-refractivity contribution in [2.24, 2.45) is 0 Å². The van der Waals surface area contributed by atoms with E-state index in [1.54, 1.807) is 37.6 Å². The molecule has 4 rings (SSSR count). The zero-order chi connectivity index (χ0) is 22.5. The third kappa shape index (κ3) is 4.88. The van der Waals surface area contributed by atoms with Crippen molar-refractivity contribution in [3.05, 3.63) is 77.0 Å². The summed E-state index contributed by atoms with van der Waals surface area (Å²) in [5, 5.41) is 12.7. The Labute approximate surface area is 198 Å². The quantitative estimate of drug-likeness (QED) is 0.279. The second-order valence-corrected chi connectivity index (χ2v) is 8.21. The number of pyridine rings is 1. The number of carbonyl (C=O) groups excluding carboxylic acids is 1. The monoisotopic (exact) mass is 485 g/mol. The molecular formula is C22H17Cl2N5O2S. The Bertz CT molecular complexity index is 1250. The smallest absolute Gasteiger partial charge is 0.234 e. The number of rotatable bonds is 7. The molecule has 2 heterocycles. The number of ether oxygens (including phenoxy) is 1. The van der Waals surface area contributed by atoms with Gasteiger partial charge in [0, 0.05) is 11.8 Å². The molecule has 0 fully saturated rings. The molecule has 0 bridgehead atoms. The van der Waals surface area contributed by atoms with E-state index < -0.39 is 0 Å². The molecular weight excluding hydrogens is 469 g/mol.